The van der Waals surface area contributed by atoms with Gasteiger partial charge in [0.15, 0.2) is 0 Å². The highest BCUT2D eigenvalue weighted by atomic mass is 16.5. The van der Waals surface area contributed by atoms with Crippen molar-refractivity contribution in [1.29, 1.82) is 0 Å². The highest BCUT2D eigenvalue weighted by molar-refractivity contribution is 5.94. The number of benzene rings is 1. The first-order valence-electron chi connectivity index (χ1n) is 6.43. The summed E-state index contributed by atoms with van der Waals surface area (Å²) >= 11 is 0. The van der Waals surface area contributed by atoms with Crippen LogP contribution in [-0.2, 0) is 4.74 Å². The molecule has 0 radical (unpaired) electrons. The summed E-state index contributed by atoms with van der Waals surface area (Å²) in [5.74, 6) is 0.404. The quantitative estimate of drug-likeness (QED) is 0.750. The van der Waals surface area contributed by atoms with Crippen LogP contribution < -0.4 is 4.74 Å². The van der Waals surface area contributed by atoms with Crippen molar-refractivity contribution in [2.45, 2.75) is 0 Å². The maximum absolute atomic E-state index is 11.5. The van der Waals surface area contributed by atoms with Crippen LogP contribution in [0.2, 0.25) is 0 Å². The van der Waals surface area contributed by atoms with Gasteiger partial charge >= 0.3 is 5.97 Å². The van der Waals surface area contributed by atoms with Crippen LogP contribution in [0.3, 0.4) is 0 Å². The second kappa shape index (κ2) is 5.28. The van der Waals surface area contributed by atoms with Crippen LogP contribution in [0.15, 0.2) is 42.6 Å². The second-order valence-electron chi connectivity index (χ2n) is 4.56. The van der Waals surface area contributed by atoms with Gasteiger partial charge in [0.25, 0.3) is 0 Å². The van der Waals surface area contributed by atoms with Gasteiger partial charge in [-0.3, -0.25) is 0 Å². The molecular formula is C16H14N2O3. The molecule has 0 bridgehead atoms. The molecule has 0 aliphatic rings. The number of nitrogens with zero attached hydrogens (tertiary/aromatic N) is 1. The molecule has 0 amide bonds. The summed E-state index contributed by atoms with van der Waals surface area (Å²) in [7, 11) is 2.99. The third-order valence-corrected chi connectivity index (χ3v) is 3.30. The number of hydrogen-bond donors (Lipinski definition) is 1. The average Bonchev–Trinajstić information content (AvgIpc) is 2.97. The lowest BCUT2D eigenvalue weighted by molar-refractivity contribution is 0.0595. The Morgan fingerprint density at radius 3 is 2.52 bits per heavy atom. The highest BCUT2D eigenvalue weighted by Gasteiger charge is 2.10. The minimum atomic E-state index is -0.404. The van der Waals surface area contributed by atoms with Crippen LogP contribution in [0, 0.1) is 0 Å². The number of carbonyl (C=O) groups excluding carboxylic acids is 1. The molecular weight excluding hydrogens is 268 g/mol. The first-order chi connectivity index (χ1) is 10.2. The summed E-state index contributed by atoms with van der Waals surface area (Å²) in [6, 6.07) is 11.5. The first kappa shape index (κ1) is 13.2. The van der Waals surface area contributed by atoms with Crippen LogP contribution in [0.25, 0.3) is 22.2 Å². The summed E-state index contributed by atoms with van der Waals surface area (Å²) in [6.45, 7) is 0. The number of esters is 1. The van der Waals surface area contributed by atoms with Gasteiger partial charge < -0.3 is 14.5 Å². The minimum Gasteiger partial charge on any atom is -0.497 e. The molecule has 0 spiro atoms. The van der Waals surface area contributed by atoms with Crippen LogP contribution in [0.1, 0.15) is 10.5 Å². The zero-order valence-electron chi connectivity index (χ0n) is 11.7. The predicted octanol–water partition coefficient (Wildman–Crippen LogP) is 3.03. The molecule has 1 N–H and O–H groups in total. The lowest BCUT2D eigenvalue weighted by atomic mass is 10.1. The topological polar surface area (TPSA) is 64.2 Å². The predicted molar refractivity (Wildman–Crippen MR) is 79.4 cm³/mol. The van der Waals surface area contributed by atoms with E-state index in [0.29, 0.717) is 11.3 Å². The Morgan fingerprint density at radius 1 is 1.10 bits per heavy atom. The molecule has 0 fully saturated rings. The van der Waals surface area contributed by atoms with Gasteiger partial charge in [0, 0.05) is 17.1 Å². The lowest BCUT2D eigenvalue weighted by Crippen LogP contribution is -2.00. The van der Waals surface area contributed by atoms with Gasteiger partial charge in [-0.25, -0.2) is 9.78 Å². The van der Waals surface area contributed by atoms with Crippen LogP contribution in [0.4, 0.5) is 0 Å². The molecule has 5 nitrogen and oxygen atoms in total. The number of ether oxygens (including phenoxy) is 2. The fourth-order valence-electron chi connectivity index (χ4n) is 2.18. The Morgan fingerprint density at radius 2 is 1.86 bits per heavy atom. The average molecular weight is 282 g/mol. The monoisotopic (exact) mass is 282 g/mol. The van der Waals surface area contributed by atoms with Crippen molar-refractivity contribution in [3.63, 3.8) is 0 Å². The zero-order chi connectivity index (χ0) is 14.8. The molecule has 0 aliphatic heterocycles. The van der Waals surface area contributed by atoms with E-state index in [-0.39, 0.29) is 0 Å². The van der Waals surface area contributed by atoms with Crippen molar-refractivity contribution in [2.24, 2.45) is 0 Å². The summed E-state index contributed by atoms with van der Waals surface area (Å²) < 4.78 is 9.84. The van der Waals surface area contributed by atoms with Crippen molar-refractivity contribution in [3.8, 4) is 16.9 Å². The summed E-state index contributed by atoms with van der Waals surface area (Å²) in [5, 5.41) is 0.865. The van der Waals surface area contributed by atoms with E-state index in [1.165, 1.54) is 7.11 Å². The van der Waals surface area contributed by atoms with Crippen molar-refractivity contribution in [2.75, 3.05) is 14.2 Å². The number of nitrogens with one attached hydrogen (secondary N) is 1. The minimum absolute atomic E-state index is 0.395. The van der Waals surface area contributed by atoms with Crippen molar-refractivity contribution < 1.29 is 14.3 Å². The number of carbonyl (C=O) groups is 1. The van der Waals surface area contributed by atoms with Gasteiger partial charge in [-0.2, -0.15) is 0 Å². The fraction of sp³-hybridized carbons (Fsp3) is 0.125. The van der Waals surface area contributed by atoms with E-state index in [1.54, 1.807) is 19.4 Å². The van der Waals surface area contributed by atoms with Gasteiger partial charge in [-0.1, -0.05) is 12.1 Å². The smallest absolute Gasteiger partial charge is 0.354 e. The second-order valence-corrected chi connectivity index (χ2v) is 4.56. The van der Waals surface area contributed by atoms with Gasteiger partial charge in [0.1, 0.15) is 17.1 Å². The lowest BCUT2D eigenvalue weighted by Gasteiger charge is -2.03. The molecule has 2 heterocycles. The Bertz CT molecular complexity index is 791. The van der Waals surface area contributed by atoms with Gasteiger partial charge in [-0.05, 0) is 29.8 Å². The number of pyridine rings is 1. The van der Waals surface area contributed by atoms with E-state index in [4.69, 9.17) is 9.47 Å². The van der Waals surface area contributed by atoms with E-state index in [2.05, 4.69) is 9.97 Å². The first-order valence-corrected chi connectivity index (χ1v) is 6.43. The molecule has 0 atom stereocenters. The molecule has 0 saturated heterocycles. The van der Waals surface area contributed by atoms with Crippen molar-refractivity contribution in [1.82, 2.24) is 9.97 Å². The van der Waals surface area contributed by atoms with Crippen molar-refractivity contribution in [3.05, 3.63) is 48.3 Å². The third kappa shape index (κ3) is 2.45. The molecule has 0 aliphatic carbocycles. The SMILES string of the molecule is COC(=O)c1cc2cc(-c3ccc(OC)cc3)cnc2[nH]1. The van der Waals surface area contributed by atoms with Gasteiger partial charge in [-0.15, -0.1) is 0 Å². The third-order valence-electron chi connectivity index (χ3n) is 3.30. The van der Waals surface area contributed by atoms with Crippen LogP contribution >= 0.6 is 0 Å². The highest BCUT2D eigenvalue weighted by Crippen LogP contribution is 2.25. The van der Waals surface area contributed by atoms with Crippen molar-refractivity contribution >= 4 is 17.0 Å². The van der Waals surface area contributed by atoms with E-state index >= 15 is 0 Å². The molecule has 3 rings (SSSR count). The van der Waals surface area contributed by atoms with Crippen LogP contribution in [0.5, 0.6) is 5.75 Å². The number of rotatable bonds is 3. The molecule has 21 heavy (non-hydrogen) atoms. The van der Waals surface area contributed by atoms with E-state index in [0.717, 1.165) is 22.3 Å². The summed E-state index contributed by atoms with van der Waals surface area (Å²) in [4.78, 5) is 18.8. The summed E-state index contributed by atoms with van der Waals surface area (Å²) in [5.41, 5.74) is 3.06. The molecule has 3 aromatic rings. The van der Waals surface area contributed by atoms with Gasteiger partial charge in [0.2, 0.25) is 0 Å². The largest absolute Gasteiger partial charge is 0.497 e. The Balaban J connectivity index is 2.01. The number of hydrogen-bond acceptors (Lipinski definition) is 4. The molecule has 0 unspecified atom stereocenters. The maximum atomic E-state index is 11.5. The number of fused-ring (bicyclic) bond motifs is 1. The fourth-order valence-corrected chi connectivity index (χ4v) is 2.18. The normalized spacial score (nSPS) is 10.6. The molecule has 106 valence electrons. The van der Waals surface area contributed by atoms with Crippen LogP contribution in [-0.4, -0.2) is 30.2 Å². The Kier molecular flexibility index (Phi) is 3.31. The number of H-pyrrole nitrogens is 1. The molecule has 5 heteroatoms. The number of methoxy groups -OCH3 is 2. The Labute approximate surface area is 121 Å². The maximum Gasteiger partial charge on any atom is 0.354 e. The van der Waals surface area contributed by atoms with E-state index < -0.39 is 5.97 Å². The number of aromatic amines is 1. The number of aromatic nitrogens is 2. The Hall–Kier alpha value is -2.82. The van der Waals surface area contributed by atoms with E-state index in [9.17, 15) is 4.79 Å². The molecule has 2 aromatic heterocycles. The van der Waals surface area contributed by atoms with E-state index in [1.807, 2.05) is 30.3 Å². The molecule has 0 saturated carbocycles. The molecule has 1 aromatic carbocycles. The zero-order valence-corrected chi connectivity index (χ0v) is 11.7. The summed E-state index contributed by atoms with van der Waals surface area (Å²) in [6.07, 6.45) is 1.77. The standard InChI is InChI=1S/C16H14N2O3/c1-20-13-5-3-10(4-6-13)12-7-11-8-14(16(19)21-2)18-15(11)17-9-12/h3-9H,1-2H3,(H,17,18). The van der Waals surface area contributed by atoms with Gasteiger partial charge in [0.05, 0.1) is 14.2 Å².